The lowest BCUT2D eigenvalue weighted by molar-refractivity contribution is 0.100. The fourth-order valence-electron chi connectivity index (χ4n) is 4.43. The lowest BCUT2D eigenvalue weighted by atomic mass is 9.69. The predicted molar refractivity (Wildman–Crippen MR) is 86.6 cm³/mol. The van der Waals surface area contributed by atoms with Crippen LogP contribution in [0.1, 0.15) is 50.4 Å². The number of carbonyl (C=O) groups excluding carboxylic acids is 1. The Labute approximate surface area is 131 Å². The molecular weight excluding hydrogens is 284 g/mol. The van der Waals surface area contributed by atoms with Gasteiger partial charge >= 0.3 is 0 Å². The van der Waals surface area contributed by atoms with Crippen LogP contribution in [-0.2, 0) is 0 Å². The Balaban J connectivity index is 1.83. The summed E-state index contributed by atoms with van der Waals surface area (Å²) >= 11 is 6.14. The fraction of sp³-hybridized carbons (Fsp3) is 0.588. The summed E-state index contributed by atoms with van der Waals surface area (Å²) < 4.78 is 0. The van der Waals surface area contributed by atoms with Crippen LogP contribution in [0.4, 0.5) is 5.69 Å². The predicted octanol–water partition coefficient (Wildman–Crippen LogP) is 4.07. The smallest absolute Gasteiger partial charge is 0.250 e. The van der Waals surface area contributed by atoms with Crippen molar-refractivity contribution in [3.63, 3.8) is 0 Å². The van der Waals surface area contributed by atoms with E-state index in [1.54, 1.807) is 6.07 Å². The van der Waals surface area contributed by atoms with E-state index < -0.39 is 5.91 Å². The zero-order valence-corrected chi connectivity index (χ0v) is 13.6. The van der Waals surface area contributed by atoms with Gasteiger partial charge in [-0.2, -0.15) is 0 Å². The highest BCUT2D eigenvalue weighted by atomic mass is 35.5. The number of amides is 1. The van der Waals surface area contributed by atoms with Gasteiger partial charge in [-0.3, -0.25) is 4.79 Å². The molecule has 4 heteroatoms. The van der Waals surface area contributed by atoms with E-state index in [2.05, 4.69) is 26.1 Å². The summed E-state index contributed by atoms with van der Waals surface area (Å²) in [7, 11) is 0. The van der Waals surface area contributed by atoms with Gasteiger partial charge in [0.2, 0.25) is 5.91 Å². The highest BCUT2D eigenvalue weighted by molar-refractivity contribution is 6.34. The van der Waals surface area contributed by atoms with Crippen molar-refractivity contribution in [3.05, 3.63) is 28.8 Å². The Morgan fingerprint density at radius 1 is 1.38 bits per heavy atom. The van der Waals surface area contributed by atoms with Gasteiger partial charge in [0.1, 0.15) is 0 Å². The van der Waals surface area contributed by atoms with Gasteiger partial charge in [-0.05, 0) is 54.2 Å². The summed E-state index contributed by atoms with van der Waals surface area (Å²) in [4.78, 5) is 11.2. The number of anilines is 1. The minimum atomic E-state index is -0.487. The number of nitrogens with one attached hydrogen (secondary N) is 1. The molecule has 2 saturated carbocycles. The van der Waals surface area contributed by atoms with Crippen molar-refractivity contribution < 1.29 is 4.79 Å². The maximum Gasteiger partial charge on any atom is 0.250 e. The van der Waals surface area contributed by atoms with Crippen molar-refractivity contribution in [2.75, 3.05) is 5.32 Å². The average molecular weight is 307 g/mol. The molecule has 2 bridgehead atoms. The summed E-state index contributed by atoms with van der Waals surface area (Å²) in [6.07, 6.45) is 3.82. The molecule has 0 radical (unpaired) electrons. The molecule has 0 saturated heterocycles. The molecule has 0 aromatic heterocycles. The van der Waals surface area contributed by atoms with Gasteiger partial charge in [0.15, 0.2) is 0 Å². The van der Waals surface area contributed by atoms with Crippen molar-refractivity contribution in [2.45, 2.75) is 46.1 Å². The van der Waals surface area contributed by atoms with Crippen LogP contribution in [0.2, 0.25) is 5.02 Å². The van der Waals surface area contributed by atoms with Crippen molar-refractivity contribution in [3.8, 4) is 0 Å². The number of halogens is 1. The van der Waals surface area contributed by atoms with Gasteiger partial charge in [-0.15, -0.1) is 0 Å². The molecule has 114 valence electrons. The minimum Gasteiger partial charge on any atom is -0.382 e. The summed E-state index contributed by atoms with van der Waals surface area (Å²) in [5.74, 6) is 0.305. The van der Waals surface area contributed by atoms with E-state index in [0.29, 0.717) is 27.5 Å². The molecule has 21 heavy (non-hydrogen) atoms. The number of rotatable bonds is 3. The van der Waals surface area contributed by atoms with Crippen molar-refractivity contribution >= 4 is 23.2 Å². The Hall–Kier alpha value is -1.22. The first-order valence-corrected chi connectivity index (χ1v) is 7.99. The van der Waals surface area contributed by atoms with Crippen LogP contribution in [0.15, 0.2) is 18.2 Å². The molecule has 1 aromatic carbocycles. The summed E-state index contributed by atoms with van der Waals surface area (Å²) in [6, 6.07) is 5.87. The minimum absolute atomic E-state index is 0.312. The molecule has 3 N–H and O–H groups in total. The van der Waals surface area contributed by atoms with Crippen LogP contribution in [0.5, 0.6) is 0 Å². The maximum absolute atomic E-state index is 11.2. The zero-order valence-electron chi connectivity index (χ0n) is 12.9. The van der Waals surface area contributed by atoms with Gasteiger partial charge in [-0.25, -0.2) is 0 Å². The molecule has 2 aliphatic rings. The number of fused-ring (bicyclic) bond motifs is 2. The topological polar surface area (TPSA) is 55.1 Å². The number of primary amides is 1. The third-order valence-corrected chi connectivity index (χ3v) is 6.68. The van der Waals surface area contributed by atoms with Crippen LogP contribution < -0.4 is 11.1 Å². The van der Waals surface area contributed by atoms with E-state index in [1.807, 2.05) is 12.1 Å². The molecular formula is C17H23ClN2O. The van der Waals surface area contributed by atoms with Gasteiger partial charge in [0.25, 0.3) is 0 Å². The summed E-state index contributed by atoms with van der Waals surface area (Å²) in [5, 5.41) is 4.06. The number of hydrogen-bond donors (Lipinski definition) is 2. The van der Waals surface area contributed by atoms with Gasteiger partial charge in [-0.1, -0.05) is 32.4 Å². The molecule has 3 rings (SSSR count). The van der Waals surface area contributed by atoms with Crippen LogP contribution >= 0.6 is 11.6 Å². The highest BCUT2D eigenvalue weighted by Crippen LogP contribution is 2.65. The monoisotopic (exact) mass is 306 g/mol. The molecule has 3 nitrogen and oxygen atoms in total. The van der Waals surface area contributed by atoms with Crippen LogP contribution in [0, 0.1) is 16.7 Å². The zero-order chi connectivity index (χ0) is 15.4. The van der Waals surface area contributed by atoms with E-state index in [9.17, 15) is 4.79 Å². The third kappa shape index (κ3) is 2.05. The lowest BCUT2D eigenvalue weighted by Gasteiger charge is -2.40. The molecule has 2 aliphatic carbocycles. The SMILES string of the molecule is CC1(C)C2CCC1(C)C(Nc1ccc(C(N)=O)c(Cl)c1)C2. The number of nitrogens with two attached hydrogens (primary N) is 1. The first kappa shape index (κ1) is 14.7. The molecule has 0 aliphatic heterocycles. The van der Waals surface area contributed by atoms with Crippen LogP contribution in [-0.4, -0.2) is 11.9 Å². The fourth-order valence-corrected chi connectivity index (χ4v) is 4.70. The highest BCUT2D eigenvalue weighted by Gasteiger charge is 2.61. The van der Waals surface area contributed by atoms with E-state index in [-0.39, 0.29) is 0 Å². The van der Waals surface area contributed by atoms with Gasteiger partial charge in [0, 0.05) is 11.7 Å². The summed E-state index contributed by atoms with van der Waals surface area (Å²) in [5.41, 5.74) is 7.33. The Morgan fingerprint density at radius 2 is 2.10 bits per heavy atom. The Bertz CT molecular complexity index is 598. The van der Waals surface area contributed by atoms with Gasteiger partial charge < -0.3 is 11.1 Å². The maximum atomic E-state index is 11.2. The van der Waals surface area contributed by atoms with Crippen LogP contribution in [0.3, 0.4) is 0 Å². The van der Waals surface area contributed by atoms with E-state index in [1.165, 1.54) is 19.3 Å². The molecule has 1 aromatic rings. The molecule has 0 spiro atoms. The third-order valence-electron chi connectivity index (χ3n) is 6.37. The van der Waals surface area contributed by atoms with E-state index in [0.717, 1.165) is 11.6 Å². The quantitative estimate of drug-likeness (QED) is 0.884. The van der Waals surface area contributed by atoms with Crippen molar-refractivity contribution in [1.29, 1.82) is 0 Å². The Kier molecular flexibility index (Phi) is 3.25. The standard InChI is InChI=1S/C17H23ClN2O/c1-16(2)10-6-7-17(16,3)14(8-10)20-11-4-5-12(15(19)21)13(18)9-11/h4-5,9-10,14,20H,6-8H2,1-3H3,(H2,19,21). The molecule has 2 fully saturated rings. The Morgan fingerprint density at radius 3 is 2.57 bits per heavy atom. The second-order valence-corrected chi connectivity index (χ2v) is 7.77. The molecule has 1 amide bonds. The first-order chi connectivity index (χ1) is 9.75. The largest absolute Gasteiger partial charge is 0.382 e. The van der Waals surface area contributed by atoms with Crippen molar-refractivity contribution in [2.24, 2.45) is 22.5 Å². The lowest BCUT2D eigenvalue weighted by Crippen LogP contribution is -2.40. The second kappa shape index (κ2) is 4.64. The second-order valence-electron chi connectivity index (χ2n) is 7.37. The molecule has 0 heterocycles. The van der Waals surface area contributed by atoms with E-state index >= 15 is 0 Å². The number of carbonyl (C=O) groups is 1. The van der Waals surface area contributed by atoms with E-state index in [4.69, 9.17) is 17.3 Å². The first-order valence-electron chi connectivity index (χ1n) is 7.61. The van der Waals surface area contributed by atoms with Crippen molar-refractivity contribution in [1.82, 2.24) is 0 Å². The summed E-state index contributed by atoms with van der Waals surface area (Å²) in [6.45, 7) is 7.20. The number of hydrogen-bond acceptors (Lipinski definition) is 2. The normalized spacial score (nSPS) is 33.1. The molecule has 3 atom stereocenters. The van der Waals surface area contributed by atoms with Gasteiger partial charge in [0.05, 0.1) is 10.6 Å². The number of benzene rings is 1. The average Bonchev–Trinajstić information content (AvgIpc) is 2.71. The molecule has 3 unspecified atom stereocenters. The van der Waals surface area contributed by atoms with Crippen LogP contribution in [0.25, 0.3) is 0 Å².